The van der Waals surface area contributed by atoms with E-state index in [0.717, 1.165) is 66.9 Å². The number of hydrogen-bond donors (Lipinski definition) is 0. The smallest absolute Gasteiger partial charge is 0.252 e. The molecule has 2 aliphatic heterocycles. The van der Waals surface area contributed by atoms with Crippen molar-refractivity contribution >= 4 is 79.2 Å². The van der Waals surface area contributed by atoms with Crippen molar-refractivity contribution in [3.05, 3.63) is 176 Å². The fourth-order valence-electron chi connectivity index (χ4n) is 8.54. The normalized spacial score (nSPS) is 13.0. The minimum absolute atomic E-state index is 0.0381. The SMILES string of the molecule is c1ccc(-c2c(N3c4ccccc4B4c5ccccc5N(c5ccc6ccoc6c5-c5ccccc5)c5cccc3c54)ccc3ccoc23)cc1. The Kier molecular flexibility index (Phi) is 6.01. The molecule has 0 fully saturated rings. The van der Waals surface area contributed by atoms with Gasteiger partial charge in [0.2, 0.25) is 0 Å². The quantitative estimate of drug-likeness (QED) is 0.177. The van der Waals surface area contributed by atoms with Gasteiger partial charge in [-0.15, -0.1) is 0 Å². The van der Waals surface area contributed by atoms with Gasteiger partial charge in [0.1, 0.15) is 11.2 Å². The van der Waals surface area contributed by atoms with Crippen molar-refractivity contribution in [1.29, 1.82) is 0 Å². The van der Waals surface area contributed by atoms with Crippen molar-refractivity contribution in [2.45, 2.75) is 0 Å². The minimum atomic E-state index is 0.0381. The van der Waals surface area contributed by atoms with Crippen molar-refractivity contribution in [3.8, 4) is 22.3 Å². The summed E-state index contributed by atoms with van der Waals surface area (Å²) in [7, 11) is 0. The number of furan rings is 2. The molecule has 4 heterocycles. The van der Waals surface area contributed by atoms with E-state index < -0.39 is 0 Å². The van der Waals surface area contributed by atoms with Crippen molar-refractivity contribution < 1.29 is 8.83 Å². The summed E-state index contributed by atoms with van der Waals surface area (Å²) in [6.45, 7) is 0.0381. The molecule has 0 radical (unpaired) electrons. The number of hydrogen-bond acceptors (Lipinski definition) is 4. The second-order valence-corrected chi connectivity index (χ2v) is 13.3. The zero-order valence-corrected chi connectivity index (χ0v) is 27.5. The van der Waals surface area contributed by atoms with Gasteiger partial charge in [-0.1, -0.05) is 103 Å². The van der Waals surface area contributed by atoms with E-state index in [4.69, 9.17) is 8.83 Å². The van der Waals surface area contributed by atoms with Crippen LogP contribution >= 0.6 is 0 Å². The molecule has 0 saturated heterocycles. The van der Waals surface area contributed by atoms with E-state index in [1.165, 1.54) is 27.8 Å². The van der Waals surface area contributed by atoms with Gasteiger partial charge in [0.15, 0.2) is 0 Å². The Hall–Kier alpha value is -6.72. The lowest BCUT2D eigenvalue weighted by Crippen LogP contribution is -2.61. The van der Waals surface area contributed by atoms with Gasteiger partial charge < -0.3 is 18.6 Å². The largest absolute Gasteiger partial charge is 0.464 e. The molecular weight excluding hydrogens is 623 g/mol. The molecule has 0 atom stereocenters. The van der Waals surface area contributed by atoms with Gasteiger partial charge in [-0.3, -0.25) is 0 Å². The fourth-order valence-corrected chi connectivity index (χ4v) is 8.54. The van der Waals surface area contributed by atoms with Crippen LogP contribution in [-0.4, -0.2) is 6.71 Å². The first-order valence-corrected chi connectivity index (χ1v) is 17.4. The molecule has 0 unspecified atom stereocenters. The Morgan fingerprint density at radius 2 is 0.784 bits per heavy atom. The number of rotatable bonds is 4. The van der Waals surface area contributed by atoms with Gasteiger partial charge in [-0.2, -0.15) is 0 Å². The Labute approximate surface area is 295 Å². The number of nitrogens with zero attached hydrogens (tertiary/aromatic N) is 2. The number of benzene rings is 7. The summed E-state index contributed by atoms with van der Waals surface area (Å²) in [5, 5.41) is 2.16. The predicted octanol–water partition coefficient (Wildman–Crippen LogP) is 10.6. The van der Waals surface area contributed by atoms with E-state index in [-0.39, 0.29) is 6.71 Å². The lowest BCUT2D eigenvalue weighted by molar-refractivity contribution is 0.616. The summed E-state index contributed by atoms with van der Waals surface area (Å²) in [6, 6.07) is 58.7. The lowest BCUT2D eigenvalue weighted by atomic mass is 9.33. The predicted molar refractivity (Wildman–Crippen MR) is 211 cm³/mol. The van der Waals surface area contributed by atoms with Gasteiger partial charge >= 0.3 is 0 Å². The zero-order chi connectivity index (χ0) is 33.5. The molecule has 238 valence electrons. The van der Waals surface area contributed by atoms with Crippen LogP contribution in [0.3, 0.4) is 0 Å². The Bertz CT molecular complexity index is 2600. The molecule has 7 aromatic carbocycles. The second kappa shape index (κ2) is 10.9. The topological polar surface area (TPSA) is 32.8 Å². The van der Waals surface area contributed by atoms with Crippen molar-refractivity contribution in [3.63, 3.8) is 0 Å². The molecular formula is C46H29BN2O2. The third kappa shape index (κ3) is 4.03. The Morgan fingerprint density at radius 3 is 1.27 bits per heavy atom. The third-order valence-electron chi connectivity index (χ3n) is 10.6. The average Bonchev–Trinajstić information content (AvgIpc) is 3.88. The van der Waals surface area contributed by atoms with Crippen LogP contribution in [-0.2, 0) is 0 Å². The highest BCUT2D eigenvalue weighted by Gasteiger charge is 2.43. The third-order valence-corrected chi connectivity index (χ3v) is 10.6. The van der Waals surface area contributed by atoms with Crippen LogP contribution < -0.4 is 26.2 Å². The maximum absolute atomic E-state index is 6.25. The summed E-state index contributed by atoms with van der Waals surface area (Å²) in [5.41, 5.74) is 16.8. The average molecular weight is 653 g/mol. The van der Waals surface area contributed by atoms with E-state index in [2.05, 4.69) is 161 Å². The van der Waals surface area contributed by atoms with E-state index >= 15 is 0 Å². The molecule has 4 nitrogen and oxygen atoms in total. The van der Waals surface area contributed by atoms with E-state index in [9.17, 15) is 0 Å². The monoisotopic (exact) mass is 652 g/mol. The molecule has 2 aromatic heterocycles. The molecule has 2 aliphatic rings. The highest BCUT2D eigenvalue weighted by molar-refractivity contribution is 7.00. The molecule has 0 N–H and O–H groups in total. The van der Waals surface area contributed by atoms with E-state index in [0.29, 0.717) is 0 Å². The molecule has 5 heteroatoms. The van der Waals surface area contributed by atoms with Crippen LogP contribution in [0.1, 0.15) is 0 Å². The van der Waals surface area contributed by atoms with E-state index in [1.807, 2.05) is 12.1 Å². The maximum atomic E-state index is 6.25. The van der Waals surface area contributed by atoms with Crippen molar-refractivity contribution in [2.75, 3.05) is 9.80 Å². The summed E-state index contributed by atoms with van der Waals surface area (Å²) in [5.74, 6) is 0. The Morgan fingerprint density at radius 1 is 0.353 bits per heavy atom. The Balaban J connectivity index is 1.23. The van der Waals surface area contributed by atoms with Crippen LogP contribution in [0.15, 0.2) is 185 Å². The number of fused-ring (bicyclic) bond motifs is 6. The zero-order valence-electron chi connectivity index (χ0n) is 27.5. The lowest BCUT2D eigenvalue weighted by Gasteiger charge is -2.44. The van der Waals surface area contributed by atoms with Gasteiger partial charge in [-0.05, 0) is 88.2 Å². The minimum Gasteiger partial charge on any atom is -0.464 e. The van der Waals surface area contributed by atoms with Gasteiger partial charge in [0.05, 0.1) is 23.9 Å². The highest BCUT2D eigenvalue weighted by Crippen LogP contribution is 2.50. The van der Waals surface area contributed by atoms with Crippen molar-refractivity contribution in [1.82, 2.24) is 0 Å². The van der Waals surface area contributed by atoms with Gasteiger partial charge in [0.25, 0.3) is 6.71 Å². The summed E-state index contributed by atoms with van der Waals surface area (Å²) < 4.78 is 12.5. The summed E-state index contributed by atoms with van der Waals surface area (Å²) in [6.07, 6.45) is 3.58. The van der Waals surface area contributed by atoms with Gasteiger partial charge in [0, 0.05) is 44.6 Å². The van der Waals surface area contributed by atoms with Crippen LogP contribution in [0.25, 0.3) is 44.2 Å². The molecule has 0 spiro atoms. The maximum Gasteiger partial charge on any atom is 0.252 e. The molecule has 51 heavy (non-hydrogen) atoms. The van der Waals surface area contributed by atoms with Crippen LogP contribution in [0.4, 0.5) is 34.1 Å². The van der Waals surface area contributed by atoms with Crippen LogP contribution in [0.5, 0.6) is 0 Å². The number of anilines is 6. The molecule has 9 aromatic rings. The molecule has 0 bridgehead atoms. The van der Waals surface area contributed by atoms with E-state index in [1.54, 1.807) is 12.5 Å². The standard InChI is InChI=1S/C46H29BN2O2/c1-3-12-30(13-4-1)42-38(24-22-32-26-28-50-45(32)42)48-36-18-9-7-16-34(36)47-35-17-8-10-19-37(35)49(41-21-11-20-40(48)44(41)47)39-25-23-33-27-29-51-46(33)43(39)31-14-5-2-6-15-31/h1-29H. The summed E-state index contributed by atoms with van der Waals surface area (Å²) in [4.78, 5) is 4.91. The first kappa shape index (κ1) is 28.2. The number of para-hydroxylation sites is 2. The first-order chi connectivity index (χ1) is 25.3. The fraction of sp³-hybridized carbons (Fsp3) is 0. The summed E-state index contributed by atoms with van der Waals surface area (Å²) >= 11 is 0. The molecule has 0 saturated carbocycles. The van der Waals surface area contributed by atoms with Gasteiger partial charge in [-0.25, -0.2) is 0 Å². The molecule has 11 rings (SSSR count). The first-order valence-electron chi connectivity index (χ1n) is 17.4. The van der Waals surface area contributed by atoms with Crippen LogP contribution in [0.2, 0.25) is 0 Å². The molecule has 0 amide bonds. The second-order valence-electron chi connectivity index (χ2n) is 13.3. The van der Waals surface area contributed by atoms with Crippen LogP contribution in [0, 0.1) is 0 Å². The molecule has 0 aliphatic carbocycles. The van der Waals surface area contributed by atoms with Crippen molar-refractivity contribution in [2.24, 2.45) is 0 Å². The highest BCUT2D eigenvalue weighted by atomic mass is 16.3.